The normalized spacial score (nSPS) is 18.0. The van der Waals surface area contributed by atoms with E-state index in [1.54, 1.807) is 16.5 Å². The molecule has 0 N–H and O–H groups in total. The zero-order valence-corrected chi connectivity index (χ0v) is 17.4. The molecule has 3 rings (SSSR count). The van der Waals surface area contributed by atoms with Crippen LogP contribution < -0.4 is 4.90 Å². The highest BCUT2D eigenvalue weighted by Gasteiger charge is 2.33. The van der Waals surface area contributed by atoms with Crippen molar-refractivity contribution in [2.45, 2.75) is 58.8 Å². The third-order valence-corrected chi connectivity index (χ3v) is 4.63. The maximum atomic E-state index is 12.5. The monoisotopic (exact) mass is 390 g/mol. The molecule has 2 aromatic rings. The number of hydrogen-bond acceptors (Lipinski definition) is 7. The summed E-state index contributed by atoms with van der Waals surface area (Å²) in [5.74, 6) is 1.48. The number of carbonyl (C=O) groups is 1. The van der Waals surface area contributed by atoms with E-state index in [0.29, 0.717) is 32.0 Å². The number of aromatic nitrogens is 4. The molecule has 0 bridgehead atoms. The average Bonchev–Trinajstić information content (AvgIpc) is 3.09. The van der Waals surface area contributed by atoms with Crippen LogP contribution in [0.1, 0.15) is 46.2 Å². The zero-order valence-electron chi connectivity index (χ0n) is 17.4. The van der Waals surface area contributed by atoms with Crippen molar-refractivity contribution in [2.24, 2.45) is 0 Å². The van der Waals surface area contributed by atoms with Crippen LogP contribution in [-0.2, 0) is 16.1 Å². The number of ether oxygens (including phenoxy) is 2. The summed E-state index contributed by atoms with van der Waals surface area (Å²) in [4.78, 5) is 25.4. The fourth-order valence-corrected chi connectivity index (χ4v) is 3.50. The highest BCUT2D eigenvalue weighted by atomic mass is 16.6. The Hall–Kier alpha value is -2.42. The molecule has 1 aliphatic rings. The van der Waals surface area contributed by atoms with Gasteiger partial charge in [-0.05, 0) is 27.2 Å². The molecule has 1 saturated heterocycles. The van der Waals surface area contributed by atoms with Crippen molar-refractivity contribution < 1.29 is 14.3 Å². The van der Waals surface area contributed by atoms with Crippen molar-refractivity contribution in [1.29, 1.82) is 0 Å². The first-order valence-corrected chi connectivity index (χ1v) is 9.75. The Kier molecular flexibility index (Phi) is 6.02. The van der Waals surface area contributed by atoms with Crippen LogP contribution in [-0.4, -0.2) is 69.0 Å². The SMILES string of the molecule is CCC[C@@H]1CN(C(=O)OC(C)(C)C)CCN1c1cc(COC)nc2ncnn12. The number of piperazine rings is 1. The molecule has 0 aromatic carbocycles. The summed E-state index contributed by atoms with van der Waals surface area (Å²) < 4.78 is 12.6. The largest absolute Gasteiger partial charge is 0.444 e. The van der Waals surface area contributed by atoms with Crippen LogP contribution in [0.25, 0.3) is 5.78 Å². The second kappa shape index (κ2) is 8.30. The molecule has 1 amide bonds. The van der Waals surface area contributed by atoms with Gasteiger partial charge in [0.25, 0.3) is 5.78 Å². The van der Waals surface area contributed by atoms with E-state index in [2.05, 4.69) is 26.9 Å². The number of methoxy groups -OCH3 is 1. The standard InChI is InChI=1S/C19H30N6O3/c1-6-7-15-11-23(18(26)28-19(2,3)4)8-9-24(15)16-10-14(12-27-5)22-17-20-13-21-25(16)17/h10,13,15H,6-9,11-12H2,1-5H3/t15-/m1/s1. The van der Waals surface area contributed by atoms with Gasteiger partial charge in [-0.25, -0.2) is 9.78 Å². The average molecular weight is 390 g/mol. The van der Waals surface area contributed by atoms with Crippen LogP contribution in [0.4, 0.5) is 10.6 Å². The second-order valence-corrected chi connectivity index (χ2v) is 8.07. The topological polar surface area (TPSA) is 85.1 Å². The first-order chi connectivity index (χ1) is 13.3. The lowest BCUT2D eigenvalue weighted by Gasteiger charge is -2.42. The number of fused-ring (bicyclic) bond motifs is 1. The Balaban J connectivity index is 1.87. The van der Waals surface area contributed by atoms with Crippen LogP contribution in [0.3, 0.4) is 0 Å². The smallest absolute Gasteiger partial charge is 0.410 e. The van der Waals surface area contributed by atoms with Gasteiger partial charge in [0, 0.05) is 38.9 Å². The van der Waals surface area contributed by atoms with Crippen molar-refractivity contribution in [1.82, 2.24) is 24.5 Å². The molecule has 3 heterocycles. The molecule has 28 heavy (non-hydrogen) atoms. The lowest BCUT2D eigenvalue weighted by molar-refractivity contribution is 0.0211. The van der Waals surface area contributed by atoms with Crippen molar-refractivity contribution in [3.05, 3.63) is 18.1 Å². The minimum atomic E-state index is -0.498. The number of rotatable bonds is 5. The van der Waals surface area contributed by atoms with Gasteiger partial charge in [0.2, 0.25) is 0 Å². The molecule has 9 nitrogen and oxygen atoms in total. The predicted octanol–water partition coefficient (Wildman–Crippen LogP) is 2.50. The molecule has 9 heteroatoms. The van der Waals surface area contributed by atoms with Crippen LogP contribution in [0, 0.1) is 0 Å². The van der Waals surface area contributed by atoms with Crippen LogP contribution >= 0.6 is 0 Å². The van der Waals surface area contributed by atoms with Crippen molar-refractivity contribution in [3.63, 3.8) is 0 Å². The van der Waals surface area contributed by atoms with E-state index in [-0.39, 0.29) is 12.1 Å². The van der Waals surface area contributed by atoms with Crippen LogP contribution in [0.2, 0.25) is 0 Å². The van der Waals surface area contributed by atoms with Gasteiger partial charge in [-0.2, -0.15) is 14.6 Å². The molecule has 2 aromatic heterocycles. The van der Waals surface area contributed by atoms with Crippen LogP contribution in [0.5, 0.6) is 0 Å². The Bertz CT molecular complexity index is 816. The predicted molar refractivity (Wildman–Crippen MR) is 105 cm³/mol. The van der Waals surface area contributed by atoms with Gasteiger partial charge in [-0.1, -0.05) is 13.3 Å². The maximum Gasteiger partial charge on any atom is 0.410 e. The Morgan fingerprint density at radius 2 is 2.11 bits per heavy atom. The van der Waals surface area contributed by atoms with E-state index in [9.17, 15) is 4.79 Å². The van der Waals surface area contributed by atoms with Crippen molar-refractivity contribution in [3.8, 4) is 0 Å². The molecular formula is C19H30N6O3. The van der Waals surface area contributed by atoms with Gasteiger partial charge in [0.15, 0.2) is 0 Å². The molecule has 1 atom stereocenters. The van der Waals surface area contributed by atoms with E-state index in [1.807, 2.05) is 26.8 Å². The Morgan fingerprint density at radius 1 is 1.32 bits per heavy atom. The lowest BCUT2D eigenvalue weighted by atomic mass is 10.1. The fourth-order valence-electron chi connectivity index (χ4n) is 3.50. The van der Waals surface area contributed by atoms with Gasteiger partial charge in [-0.3, -0.25) is 0 Å². The first-order valence-electron chi connectivity index (χ1n) is 9.75. The maximum absolute atomic E-state index is 12.5. The summed E-state index contributed by atoms with van der Waals surface area (Å²) >= 11 is 0. The molecule has 0 spiro atoms. The summed E-state index contributed by atoms with van der Waals surface area (Å²) in [5.41, 5.74) is 0.310. The number of hydrogen-bond donors (Lipinski definition) is 0. The number of nitrogens with zero attached hydrogens (tertiary/aromatic N) is 6. The summed E-state index contributed by atoms with van der Waals surface area (Å²) in [6.07, 6.45) is 3.22. The zero-order chi connectivity index (χ0) is 20.3. The van der Waals surface area contributed by atoms with Gasteiger partial charge in [-0.15, -0.1) is 0 Å². The highest BCUT2D eigenvalue weighted by Crippen LogP contribution is 2.25. The van der Waals surface area contributed by atoms with Gasteiger partial charge >= 0.3 is 6.09 Å². The van der Waals surface area contributed by atoms with Gasteiger partial charge < -0.3 is 19.3 Å². The molecule has 0 saturated carbocycles. The van der Waals surface area contributed by atoms with E-state index < -0.39 is 5.60 Å². The molecule has 1 fully saturated rings. The van der Waals surface area contributed by atoms with E-state index in [1.165, 1.54) is 6.33 Å². The Labute approximate surface area is 165 Å². The minimum absolute atomic E-state index is 0.163. The van der Waals surface area contributed by atoms with E-state index >= 15 is 0 Å². The number of amides is 1. The second-order valence-electron chi connectivity index (χ2n) is 8.07. The molecule has 0 unspecified atom stereocenters. The molecule has 0 radical (unpaired) electrons. The molecule has 154 valence electrons. The summed E-state index contributed by atoms with van der Waals surface area (Å²) in [6, 6.07) is 2.16. The van der Waals surface area contributed by atoms with Crippen molar-refractivity contribution >= 4 is 17.7 Å². The third-order valence-electron chi connectivity index (χ3n) is 4.63. The summed E-state index contributed by atoms with van der Waals surface area (Å²) in [6.45, 7) is 10.1. The van der Waals surface area contributed by atoms with E-state index in [4.69, 9.17) is 9.47 Å². The third kappa shape index (κ3) is 4.52. The van der Waals surface area contributed by atoms with E-state index in [0.717, 1.165) is 24.4 Å². The number of anilines is 1. The Morgan fingerprint density at radius 3 is 2.79 bits per heavy atom. The quantitative estimate of drug-likeness (QED) is 0.775. The fraction of sp³-hybridized carbons (Fsp3) is 0.684. The van der Waals surface area contributed by atoms with Crippen LogP contribution in [0.15, 0.2) is 12.4 Å². The molecular weight excluding hydrogens is 360 g/mol. The number of carbonyl (C=O) groups excluding carboxylic acids is 1. The van der Waals surface area contributed by atoms with Gasteiger partial charge in [0.1, 0.15) is 17.7 Å². The highest BCUT2D eigenvalue weighted by molar-refractivity contribution is 5.69. The molecule has 0 aliphatic carbocycles. The molecule has 1 aliphatic heterocycles. The minimum Gasteiger partial charge on any atom is -0.444 e. The summed E-state index contributed by atoms with van der Waals surface area (Å²) in [5, 5.41) is 4.35. The van der Waals surface area contributed by atoms with Gasteiger partial charge in [0.05, 0.1) is 12.3 Å². The summed E-state index contributed by atoms with van der Waals surface area (Å²) in [7, 11) is 1.65. The van der Waals surface area contributed by atoms with Crippen molar-refractivity contribution in [2.75, 3.05) is 31.6 Å². The first kappa shape index (κ1) is 20.3. The lowest BCUT2D eigenvalue weighted by Crippen LogP contribution is -2.56.